The molecule has 0 aliphatic heterocycles. The molecule has 0 fully saturated rings. The predicted octanol–water partition coefficient (Wildman–Crippen LogP) is 0.112. The van der Waals surface area contributed by atoms with Gasteiger partial charge in [-0.1, -0.05) is 0 Å². The van der Waals surface area contributed by atoms with E-state index in [1.165, 1.54) is 16.9 Å². The first kappa shape index (κ1) is 8.27. The molecule has 0 aliphatic rings. The summed E-state index contributed by atoms with van der Waals surface area (Å²) in [5.74, 6) is -2.28. The lowest BCUT2D eigenvalue weighted by atomic mass is 10.1. The van der Waals surface area contributed by atoms with Gasteiger partial charge in [-0.2, -0.15) is 10.4 Å². The van der Waals surface area contributed by atoms with E-state index in [1.54, 1.807) is 13.1 Å². The van der Waals surface area contributed by atoms with Gasteiger partial charge >= 0.3 is 5.97 Å². The second-order valence-corrected chi connectivity index (χ2v) is 2.28. The van der Waals surface area contributed by atoms with Crippen LogP contribution in [0.15, 0.2) is 12.3 Å². The molecule has 0 radical (unpaired) electrons. The van der Waals surface area contributed by atoms with Crippen molar-refractivity contribution in [3.05, 3.63) is 18.0 Å². The quantitative estimate of drug-likeness (QED) is 0.674. The first-order valence-electron chi connectivity index (χ1n) is 3.27. The third-order valence-electron chi connectivity index (χ3n) is 1.53. The van der Waals surface area contributed by atoms with Gasteiger partial charge in [0, 0.05) is 13.2 Å². The number of nitriles is 1. The first-order valence-corrected chi connectivity index (χ1v) is 3.27. The number of carbonyl (C=O) groups is 1. The number of hydrogen-bond acceptors (Lipinski definition) is 3. The van der Waals surface area contributed by atoms with Crippen LogP contribution in [0.2, 0.25) is 0 Å². The molecule has 5 nitrogen and oxygen atoms in total. The van der Waals surface area contributed by atoms with Crippen LogP contribution in [0.4, 0.5) is 0 Å². The van der Waals surface area contributed by atoms with Crippen LogP contribution in [-0.2, 0) is 11.8 Å². The van der Waals surface area contributed by atoms with Gasteiger partial charge < -0.3 is 5.11 Å². The summed E-state index contributed by atoms with van der Waals surface area (Å²) in [4.78, 5) is 10.5. The Bertz CT molecular complexity index is 337. The Kier molecular flexibility index (Phi) is 2.10. The largest absolute Gasteiger partial charge is 0.480 e. The Labute approximate surface area is 68.8 Å². The molecule has 62 valence electrons. The molecule has 1 rings (SSSR count). The molecule has 0 aliphatic carbocycles. The minimum absolute atomic E-state index is 0.394. The lowest BCUT2D eigenvalue weighted by molar-refractivity contribution is -0.137. The molecular weight excluding hydrogens is 158 g/mol. The van der Waals surface area contributed by atoms with Gasteiger partial charge in [0.15, 0.2) is 5.92 Å². The fourth-order valence-electron chi connectivity index (χ4n) is 0.915. The van der Waals surface area contributed by atoms with Crippen molar-refractivity contribution >= 4 is 5.97 Å². The van der Waals surface area contributed by atoms with Crippen LogP contribution in [0, 0.1) is 11.3 Å². The molecule has 1 aromatic heterocycles. The Morgan fingerprint density at radius 3 is 2.92 bits per heavy atom. The number of aromatic nitrogens is 2. The molecule has 0 spiro atoms. The zero-order valence-electron chi connectivity index (χ0n) is 6.43. The molecule has 1 atom stereocenters. The minimum Gasteiger partial charge on any atom is -0.480 e. The zero-order chi connectivity index (χ0) is 9.14. The summed E-state index contributed by atoms with van der Waals surface area (Å²) in [6.07, 6.45) is 1.46. The van der Waals surface area contributed by atoms with E-state index < -0.39 is 11.9 Å². The van der Waals surface area contributed by atoms with Crippen LogP contribution in [0.5, 0.6) is 0 Å². The lowest BCUT2D eigenvalue weighted by Crippen LogP contribution is -2.13. The van der Waals surface area contributed by atoms with Crippen molar-refractivity contribution in [3.63, 3.8) is 0 Å². The summed E-state index contributed by atoms with van der Waals surface area (Å²) in [6, 6.07) is 3.20. The molecule has 0 saturated heterocycles. The highest BCUT2D eigenvalue weighted by Crippen LogP contribution is 2.12. The number of nitrogens with zero attached hydrogens (tertiary/aromatic N) is 3. The predicted molar refractivity (Wildman–Crippen MR) is 39.2 cm³/mol. The molecule has 12 heavy (non-hydrogen) atoms. The monoisotopic (exact) mass is 165 g/mol. The third kappa shape index (κ3) is 1.27. The van der Waals surface area contributed by atoms with E-state index in [2.05, 4.69) is 5.10 Å². The van der Waals surface area contributed by atoms with E-state index in [-0.39, 0.29) is 0 Å². The SMILES string of the molecule is Cn1nccc1C(C#N)C(=O)O. The molecule has 0 bridgehead atoms. The maximum absolute atomic E-state index is 10.5. The van der Waals surface area contributed by atoms with Crippen LogP contribution >= 0.6 is 0 Å². The summed E-state index contributed by atoms with van der Waals surface area (Å²) in [7, 11) is 1.60. The van der Waals surface area contributed by atoms with Gasteiger partial charge in [-0.25, -0.2) is 0 Å². The number of carboxylic acids is 1. The second kappa shape index (κ2) is 3.05. The van der Waals surface area contributed by atoms with E-state index in [0.717, 1.165) is 0 Å². The molecule has 1 N–H and O–H groups in total. The molecule has 0 saturated carbocycles. The maximum Gasteiger partial charge on any atom is 0.327 e. The van der Waals surface area contributed by atoms with Crippen molar-refractivity contribution in [2.75, 3.05) is 0 Å². The lowest BCUT2D eigenvalue weighted by Gasteiger charge is -2.02. The molecule has 1 heterocycles. The van der Waals surface area contributed by atoms with Gasteiger partial charge in [-0.3, -0.25) is 9.48 Å². The van der Waals surface area contributed by atoms with Crippen molar-refractivity contribution in [2.45, 2.75) is 5.92 Å². The number of rotatable bonds is 2. The Morgan fingerprint density at radius 1 is 1.92 bits per heavy atom. The van der Waals surface area contributed by atoms with Crippen molar-refractivity contribution in [1.82, 2.24) is 9.78 Å². The first-order chi connectivity index (χ1) is 5.66. The van der Waals surface area contributed by atoms with Crippen LogP contribution in [-0.4, -0.2) is 20.9 Å². The highest BCUT2D eigenvalue weighted by atomic mass is 16.4. The van der Waals surface area contributed by atoms with E-state index in [1.807, 2.05) is 0 Å². The summed E-state index contributed by atoms with van der Waals surface area (Å²) in [5, 5.41) is 20.9. The van der Waals surface area contributed by atoms with Gasteiger partial charge in [-0.15, -0.1) is 0 Å². The average molecular weight is 165 g/mol. The van der Waals surface area contributed by atoms with E-state index in [0.29, 0.717) is 5.69 Å². The second-order valence-electron chi connectivity index (χ2n) is 2.28. The fraction of sp³-hybridized carbons (Fsp3) is 0.286. The Balaban J connectivity index is 3.05. The molecule has 0 amide bonds. The van der Waals surface area contributed by atoms with Crippen LogP contribution in [0.3, 0.4) is 0 Å². The standard InChI is InChI=1S/C7H7N3O2/c1-10-6(2-3-9-10)5(4-8)7(11)12/h2-3,5H,1H3,(H,11,12). The van der Waals surface area contributed by atoms with Gasteiger partial charge in [0.2, 0.25) is 0 Å². The Morgan fingerprint density at radius 2 is 2.58 bits per heavy atom. The van der Waals surface area contributed by atoms with Gasteiger partial charge in [0.1, 0.15) is 0 Å². The summed E-state index contributed by atoms with van der Waals surface area (Å²) in [5.41, 5.74) is 0.394. The van der Waals surface area contributed by atoms with Gasteiger partial charge in [-0.05, 0) is 6.07 Å². The van der Waals surface area contributed by atoms with Crippen LogP contribution < -0.4 is 0 Å². The number of hydrogen-bond donors (Lipinski definition) is 1. The third-order valence-corrected chi connectivity index (χ3v) is 1.53. The highest BCUT2D eigenvalue weighted by Gasteiger charge is 2.21. The smallest absolute Gasteiger partial charge is 0.327 e. The normalized spacial score (nSPS) is 12.0. The van der Waals surface area contributed by atoms with Crippen molar-refractivity contribution in [2.24, 2.45) is 7.05 Å². The van der Waals surface area contributed by atoms with Gasteiger partial charge in [0.05, 0.1) is 11.8 Å². The van der Waals surface area contributed by atoms with E-state index >= 15 is 0 Å². The minimum atomic E-state index is -1.15. The maximum atomic E-state index is 10.5. The summed E-state index contributed by atoms with van der Waals surface area (Å²) >= 11 is 0. The van der Waals surface area contributed by atoms with Gasteiger partial charge in [0.25, 0.3) is 0 Å². The summed E-state index contributed by atoms with van der Waals surface area (Å²) in [6.45, 7) is 0. The number of aryl methyl sites for hydroxylation is 1. The van der Waals surface area contributed by atoms with E-state index in [9.17, 15) is 4.79 Å². The number of aliphatic carboxylic acids is 1. The zero-order valence-corrected chi connectivity index (χ0v) is 6.43. The molecule has 0 aromatic carbocycles. The summed E-state index contributed by atoms with van der Waals surface area (Å²) < 4.78 is 1.38. The molecular formula is C7H7N3O2. The fourth-order valence-corrected chi connectivity index (χ4v) is 0.915. The Hall–Kier alpha value is -1.83. The van der Waals surface area contributed by atoms with Crippen LogP contribution in [0.25, 0.3) is 0 Å². The molecule has 1 aromatic rings. The van der Waals surface area contributed by atoms with Crippen molar-refractivity contribution < 1.29 is 9.90 Å². The molecule has 1 unspecified atom stereocenters. The number of carboxylic acid groups (broad SMARTS) is 1. The average Bonchev–Trinajstić information content (AvgIpc) is 2.38. The highest BCUT2D eigenvalue weighted by molar-refractivity contribution is 5.78. The van der Waals surface area contributed by atoms with Crippen molar-refractivity contribution in [1.29, 1.82) is 5.26 Å². The topological polar surface area (TPSA) is 78.9 Å². The van der Waals surface area contributed by atoms with Crippen LogP contribution in [0.1, 0.15) is 11.6 Å². The van der Waals surface area contributed by atoms with E-state index in [4.69, 9.17) is 10.4 Å². The molecule has 5 heteroatoms. The van der Waals surface area contributed by atoms with Crippen molar-refractivity contribution in [3.8, 4) is 6.07 Å².